The van der Waals surface area contributed by atoms with Crippen LogP contribution in [0.5, 0.6) is 0 Å². The molecular formula is C41H62O4. The standard InChI is InChI=1S/C41H62O4/c1-3-5-7-9-11-13-15-17-19-20-21-23-25-27-29-31-33-35-37-44-39-40(38-42)45-41(43)36-34-32-30-28-26-24-22-18-16-14-12-10-8-6-4-2/h5-8,11-14,17-19,21-23,26-29,32,34,40,42H,3-4,9-10,15-16,20,24-25,30-31,33,35-39H2,1-2H3/b7-5-,8-6-,13-11-,14-12-,19-17-,22-18-,23-21-,28-26-,29-27-,34-32-. The lowest BCUT2D eigenvalue weighted by Gasteiger charge is -2.15. The first-order valence-electron chi connectivity index (χ1n) is 17.1. The first-order chi connectivity index (χ1) is 22.2. The van der Waals surface area contributed by atoms with Crippen LogP contribution in [0.25, 0.3) is 0 Å². The van der Waals surface area contributed by atoms with Gasteiger partial charge in [0.1, 0.15) is 6.10 Å². The second-order valence-electron chi connectivity index (χ2n) is 10.5. The summed E-state index contributed by atoms with van der Waals surface area (Å²) in [5.74, 6) is -0.350. The van der Waals surface area contributed by atoms with Crippen LogP contribution in [0, 0.1) is 0 Å². The number of aliphatic hydroxyl groups is 1. The van der Waals surface area contributed by atoms with Gasteiger partial charge < -0.3 is 14.6 Å². The lowest BCUT2D eigenvalue weighted by atomic mass is 10.2. The number of aliphatic hydroxyl groups excluding tert-OH is 1. The summed E-state index contributed by atoms with van der Waals surface area (Å²) in [6.45, 7) is 4.86. The molecule has 45 heavy (non-hydrogen) atoms. The lowest BCUT2D eigenvalue weighted by Crippen LogP contribution is -2.27. The van der Waals surface area contributed by atoms with Crippen LogP contribution in [0.3, 0.4) is 0 Å². The van der Waals surface area contributed by atoms with Gasteiger partial charge in [-0.05, 0) is 83.5 Å². The Morgan fingerprint density at radius 1 is 0.533 bits per heavy atom. The minimum Gasteiger partial charge on any atom is -0.457 e. The molecule has 0 aromatic carbocycles. The average Bonchev–Trinajstić information content (AvgIpc) is 3.05. The highest BCUT2D eigenvalue weighted by atomic mass is 16.6. The van der Waals surface area contributed by atoms with Gasteiger partial charge in [-0.3, -0.25) is 4.79 Å². The Hall–Kier alpha value is -3.21. The first kappa shape index (κ1) is 41.8. The Bertz CT molecular complexity index is 956. The zero-order chi connectivity index (χ0) is 32.7. The van der Waals surface area contributed by atoms with Crippen molar-refractivity contribution in [2.45, 2.75) is 110 Å². The highest BCUT2D eigenvalue weighted by molar-refractivity contribution is 5.71. The number of rotatable bonds is 29. The van der Waals surface area contributed by atoms with Gasteiger partial charge in [-0.2, -0.15) is 0 Å². The second kappa shape index (κ2) is 37.0. The van der Waals surface area contributed by atoms with E-state index >= 15 is 0 Å². The van der Waals surface area contributed by atoms with Gasteiger partial charge in [0.25, 0.3) is 0 Å². The summed E-state index contributed by atoms with van der Waals surface area (Å²) < 4.78 is 11.0. The number of ether oxygens (including phenoxy) is 2. The summed E-state index contributed by atoms with van der Waals surface area (Å²) in [5, 5.41) is 9.52. The molecule has 250 valence electrons. The zero-order valence-corrected chi connectivity index (χ0v) is 28.3. The Morgan fingerprint density at radius 3 is 1.31 bits per heavy atom. The van der Waals surface area contributed by atoms with E-state index in [1.807, 2.05) is 12.2 Å². The molecule has 0 aromatic rings. The van der Waals surface area contributed by atoms with Gasteiger partial charge in [0.2, 0.25) is 0 Å². The van der Waals surface area contributed by atoms with Crippen LogP contribution in [-0.2, 0) is 14.3 Å². The SMILES string of the molecule is CC/C=C\C/C=C\C/C=C\C/C=C\C/C=C\CCCCOCC(CO)OC(=O)C/C=C\C/C=C\C/C=C\C/C=C\C/C=C\CC. The molecule has 4 nitrogen and oxygen atoms in total. The minimum atomic E-state index is -0.619. The van der Waals surface area contributed by atoms with Crippen molar-refractivity contribution in [2.24, 2.45) is 0 Å². The summed E-state index contributed by atoms with van der Waals surface area (Å²) in [6, 6.07) is 0. The molecule has 1 atom stereocenters. The predicted octanol–water partition coefficient (Wildman–Crippen LogP) is 11.0. The molecular weight excluding hydrogens is 556 g/mol. The molecule has 0 fully saturated rings. The highest BCUT2D eigenvalue weighted by Crippen LogP contribution is 2.03. The fraction of sp³-hybridized carbons (Fsp3) is 0.488. The molecule has 0 spiro atoms. The molecule has 0 aromatic heterocycles. The largest absolute Gasteiger partial charge is 0.457 e. The first-order valence-corrected chi connectivity index (χ1v) is 17.1. The van der Waals surface area contributed by atoms with Crippen LogP contribution in [0.4, 0.5) is 0 Å². The number of carbonyl (C=O) groups excluding carboxylic acids is 1. The normalized spacial score (nSPS) is 13.9. The quantitative estimate of drug-likeness (QED) is 0.0515. The molecule has 0 radical (unpaired) electrons. The molecule has 0 bridgehead atoms. The van der Waals surface area contributed by atoms with Gasteiger partial charge in [-0.15, -0.1) is 0 Å². The lowest BCUT2D eigenvalue weighted by molar-refractivity contribution is -0.153. The van der Waals surface area contributed by atoms with Crippen LogP contribution in [0.15, 0.2) is 122 Å². The van der Waals surface area contributed by atoms with Crippen LogP contribution < -0.4 is 0 Å². The van der Waals surface area contributed by atoms with E-state index in [1.54, 1.807) is 0 Å². The van der Waals surface area contributed by atoms with Crippen molar-refractivity contribution in [3.63, 3.8) is 0 Å². The number of esters is 1. The maximum Gasteiger partial charge on any atom is 0.310 e. The van der Waals surface area contributed by atoms with E-state index in [-0.39, 0.29) is 25.6 Å². The van der Waals surface area contributed by atoms with Gasteiger partial charge in [0, 0.05) is 6.61 Å². The average molecular weight is 619 g/mol. The second-order valence-corrected chi connectivity index (χ2v) is 10.5. The summed E-state index contributed by atoms with van der Waals surface area (Å²) in [7, 11) is 0. The maximum atomic E-state index is 12.1. The van der Waals surface area contributed by atoms with E-state index in [4.69, 9.17) is 9.47 Å². The van der Waals surface area contributed by atoms with Gasteiger partial charge in [0.05, 0.1) is 19.6 Å². The van der Waals surface area contributed by atoms with Gasteiger partial charge in [-0.25, -0.2) is 0 Å². The minimum absolute atomic E-state index is 0.192. The van der Waals surface area contributed by atoms with Crippen molar-refractivity contribution >= 4 is 5.97 Å². The van der Waals surface area contributed by atoms with Crippen LogP contribution in [0.1, 0.15) is 104 Å². The molecule has 0 rings (SSSR count). The van der Waals surface area contributed by atoms with Crippen molar-refractivity contribution in [1.29, 1.82) is 0 Å². The zero-order valence-electron chi connectivity index (χ0n) is 28.3. The van der Waals surface area contributed by atoms with E-state index < -0.39 is 6.10 Å². The Balaban J connectivity index is 3.75. The van der Waals surface area contributed by atoms with E-state index in [0.29, 0.717) is 6.61 Å². The third-order valence-electron chi connectivity index (χ3n) is 6.31. The van der Waals surface area contributed by atoms with Crippen LogP contribution >= 0.6 is 0 Å². The summed E-state index contributed by atoms with van der Waals surface area (Å²) in [5.41, 5.74) is 0. The molecule has 0 amide bonds. The summed E-state index contributed by atoms with van der Waals surface area (Å²) >= 11 is 0. The topological polar surface area (TPSA) is 55.8 Å². The van der Waals surface area contributed by atoms with Gasteiger partial charge in [0.15, 0.2) is 0 Å². The molecule has 0 aliphatic heterocycles. The van der Waals surface area contributed by atoms with Crippen molar-refractivity contribution < 1.29 is 19.4 Å². The van der Waals surface area contributed by atoms with E-state index in [9.17, 15) is 9.90 Å². The van der Waals surface area contributed by atoms with Crippen LogP contribution in [-0.4, -0.2) is 37.0 Å². The number of carbonyl (C=O) groups is 1. The van der Waals surface area contributed by atoms with Crippen molar-refractivity contribution in [3.8, 4) is 0 Å². The molecule has 4 heteroatoms. The Labute approximate surface area is 276 Å². The van der Waals surface area contributed by atoms with E-state index in [1.165, 1.54) is 0 Å². The fourth-order valence-electron chi connectivity index (χ4n) is 3.84. The number of hydrogen-bond donors (Lipinski definition) is 1. The molecule has 0 saturated carbocycles. The number of hydrogen-bond acceptors (Lipinski definition) is 4. The number of unbranched alkanes of at least 4 members (excludes halogenated alkanes) is 2. The molecule has 0 saturated heterocycles. The highest BCUT2D eigenvalue weighted by Gasteiger charge is 2.12. The van der Waals surface area contributed by atoms with E-state index in [0.717, 1.165) is 83.5 Å². The monoisotopic (exact) mass is 618 g/mol. The predicted molar refractivity (Wildman–Crippen MR) is 195 cm³/mol. The molecule has 1 unspecified atom stereocenters. The van der Waals surface area contributed by atoms with Crippen molar-refractivity contribution in [1.82, 2.24) is 0 Å². The number of allylic oxidation sites excluding steroid dienone is 19. The van der Waals surface area contributed by atoms with Crippen molar-refractivity contribution in [2.75, 3.05) is 19.8 Å². The smallest absolute Gasteiger partial charge is 0.310 e. The molecule has 0 aliphatic rings. The van der Waals surface area contributed by atoms with Crippen molar-refractivity contribution in [3.05, 3.63) is 122 Å². The Kier molecular flexibility index (Phi) is 34.3. The summed E-state index contributed by atoms with van der Waals surface area (Å²) in [4.78, 5) is 12.1. The summed E-state index contributed by atoms with van der Waals surface area (Å²) in [6.07, 6.45) is 55.5. The fourth-order valence-corrected chi connectivity index (χ4v) is 3.84. The molecule has 0 heterocycles. The Morgan fingerprint density at radius 2 is 0.911 bits per heavy atom. The third-order valence-corrected chi connectivity index (χ3v) is 6.31. The van der Waals surface area contributed by atoms with Crippen LogP contribution in [0.2, 0.25) is 0 Å². The van der Waals surface area contributed by atoms with Gasteiger partial charge in [-0.1, -0.05) is 135 Å². The van der Waals surface area contributed by atoms with Gasteiger partial charge >= 0.3 is 5.97 Å². The van der Waals surface area contributed by atoms with E-state index in [2.05, 4.69) is 123 Å². The third kappa shape index (κ3) is 35.1. The molecule has 0 aliphatic carbocycles. The molecule has 1 N–H and O–H groups in total. The maximum absolute atomic E-state index is 12.1.